The Morgan fingerprint density at radius 2 is 1.54 bits per heavy atom. The highest BCUT2D eigenvalue weighted by molar-refractivity contribution is 8.09. The van der Waals surface area contributed by atoms with E-state index in [0.717, 1.165) is 15.8 Å². The van der Waals surface area contributed by atoms with Crippen LogP contribution in [0.4, 0.5) is 0 Å². The quantitative estimate of drug-likeness (QED) is 0.260. The Hall–Kier alpha value is -3.47. The molecule has 10 heteroatoms. The van der Waals surface area contributed by atoms with Crippen molar-refractivity contribution in [2.75, 3.05) is 11.5 Å². The van der Waals surface area contributed by atoms with Crippen LogP contribution in [-0.2, 0) is 14.6 Å². The molecule has 1 saturated heterocycles. The van der Waals surface area contributed by atoms with E-state index < -0.39 is 27.7 Å². The summed E-state index contributed by atoms with van der Waals surface area (Å²) in [6.07, 6.45) is 0.333. The number of thiazole rings is 1. The van der Waals surface area contributed by atoms with Gasteiger partial charge < -0.3 is 10.6 Å². The van der Waals surface area contributed by atoms with Gasteiger partial charge in [-0.05, 0) is 36.2 Å². The summed E-state index contributed by atoms with van der Waals surface area (Å²) in [4.78, 5) is 32.0. The zero-order valence-corrected chi connectivity index (χ0v) is 22.0. The number of benzene rings is 3. The summed E-state index contributed by atoms with van der Waals surface area (Å²) in [6.45, 7) is 0. The largest absolute Gasteiger partial charge is 0.347 e. The van der Waals surface area contributed by atoms with Crippen molar-refractivity contribution in [1.29, 1.82) is 0 Å². The number of hydrogen-bond acceptors (Lipinski definition) is 7. The Labute approximate surface area is 222 Å². The molecule has 2 N–H and O–H groups in total. The van der Waals surface area contributed by atoms with Gasteiger partial charge in [0.1, 0.15) is 5.70 Å². The first-order valence-electron chi connectivity index (χ1n) is 11.6. The molecule has 7 nitrogen and oxygen atoms in total. The van der Waals surface area contributed by atoms with Crippen molar-refractivity contribution in [3.63, 3.8) is 0 Å². The molecule has 0 radical (unpaired) electrons. The topological polar surface area (TPSA) is 105 Å². The SMILES string of the molecule is O=C(NC1CCS(=O)(=O)C1)/C(NC(=O)c1ccccc1)=C(/Sc1nc2ccccc2s1)c1ccccc1. The fourth-order valence-corrected chi connectivity index (χ4v) is 7.86. The van der Waals surface area contributed by atoms with Crippen LogP contribution in [-0.4, -0.2) is 42.8 Å². The fraction of sp³-hybridized carbons (Fsp3) is 0.148. The fourth-order valence-electron chi connectivity index (χ4n) is 3.98. The lowest BCUT2D eigenvalue weighted by Crippen LogP contribution is -2.41. The molecular formula is C27H23N3O4S3. The summed E-state index contributed by atoms with van der Waals surface area (Å²) >= 11 is 2.78. The molecule has 1 fully saturated rings. The lowest BCUT2D eigenvalue weighted by Gasteiger charge is -2.18. The van der Waals surface area contributed by atoms with Crippen molar-refractivity contribution in [2.45, 2.75) is 16.8 Å². The van der Waals surface area contributed by atoms with E-state index in [-0.39, 0.29) is 17.2 Å². The van der Waals surface area contributed by atoms with Crippen LogP contribution < -0.4 is 10.6 Å². The first-order valence-corrected chi connectivity index (χ1v) is 15.0. The number of fused-ring (bicyclic) bond motifs is 1. The second kappa shape index (κ2) is 10.9. The minimum Gasteiger partial charge on any atom is -0.347 e. The Morgan fingerprint density at radius 3 is 2.19 bits per heavy atom. The second-order valence-electron chi connectivity index (χ2n) is 8.51. The first-order chi connectivity index (χ1) is 17.9. The van der Waals surface area contributed by atoms with E-state index in [1.54, 1.807) is 30.3 Å². The number of hydrogen-bond donors (Lipinski definition) is 2. The van der Waals surface area contributed by atoms with Gasteiger partial charge in [0, 0.05) is 11.6 Å². The summed E-state index contributed by atoms with van der Waals surface area (Å²) in [5.74, 6) is -1.08. The van der Waals surface area contributed by atoms with E-state index in [1.165, 1.54) is 23.1 Å². The Morgan fingerprint density at radius 1 is 0.892 bits per heavy atom. The van der Waals surface area contributed by atoms with Gasteiger partial charge in [0.25, 0.3) is 11.8 Å². The maximum atomic E-state index is 13.6. The molecule has 0 bridgehead atoms. The summed E-state index contributed by atoms with van der Waals surface area (Å²) in [7, 11) is -3.20. The molecule has 0 aliphatic carbocycles. The number of carbonyl (C=O) groups excluding carboxylic acids is 2. The van der Waals surface area contributed by atoms with Crippen molar-refractivity contribution < 1.29 is 18.0 Å². The van der Waals surface area contributed by atoms with Gasteiger partial charge in [-0.2, -0.15) is 0 Å². The highest BCUT2D eigenvalue weighted by Gasteiger charge is 2.31. The maximum Gasteiger partial charge on any atom is 0.269 e. The van der Waals surface area contributed by atoms with Gasteiger partial charge in [0.2, 0.25) is 0 Å². The van der Waals surface area contributed by atoms with E-state index in [4.69, 9.17) is 4.98 Å². The number of sulfone groups is 1. The zero-order valence-electron chi connectivity index (χ0n) is 19.6. The molecule has 0 saturated carbocycles. The molecule has 2 heterocycles. The van der Waals surface area contributed by atoms with Crippen LogP contribution in [0.2, 0.25) is 0 Å². The lowest BCUT2D eigenvalue weighted by molar-refractivity contribution is -0.118. The van der Waals surface area contributed by atoms with Crippen molar-refractivity contribution in [3.8, 4) is 0 Å². The van der Waals surface area contributed by atoms with Crippen molar-refractivity contribution >= 4 is 59.9 Å². The molecule has 0 spiro atoms. The predicted octanol–water partition coefficient (Wildman–Crippen LogP) is 4.49. The third-order valence-corrected chi connectivity index (χ3v) is 9.80. The van der Waals surface area contributed by atoms with Crippen LogP contribution in [0.15, 0.2) is 95.0 Å². The van der Waals surface area contributed by atoms with Crippen LogP contribution in [0.5, 0.6) is 0 Å². The Bertz CT molecular complexity index is 1550. The number of nitrogens with zero attached hydrogens (tertiary/aromatic N) is 1. The van der Waals surface area contributed by atoms with Gasteiger partial charge in [0.15, 0.2) is 14.2 Å². The first kappa shape index (κ1) is 25.2. The summed E-state index contributed by atoms with van der Waals surface area (Å²) < 4.78 is 25.7. The predicted molar refractivity (Wildman–Crippen MR) is 148 cm³/mol. The normalized spacial score (nSPS) is 17.2. The summed E-state index contributed by atoms with van der Waals surface area (Å²) in [5, 5.41) is 5.65. The number of amides is 2. The van der Waals surface area contributed by atoms with Gasteiger partial charge in [-0.3, -0.25) is 9.59 Å². The van der Waals surface area contributed by atoms with Crippen molar-refractivity contribution in [1.82, 2.24) is 15.6 Å². The molecule has 5 rings (SSSR count). The van der Waals surface area contributed by atoms with E-state index in [1.807, 2.05) is 54.6 Å². The molecule has 1 aliphatic heterocycles. The van der Waals surface area contributed by atoms with Crippen LogP contribution in [0, 0.1) is 0 Å². The summed E-state index contributed by atoms with van der Waals surface area (Å²) in [6, 6.07) is 25.2. The van der Waals surface area contributed by atoms with Crippen LogP contribution >= 0.6 is 23.1 Å². The number of aromatic nitrogens is 1. The molecule has 3 aromatic carbocycles. The average molecular weight is 550 g/mol. The van der Waals surface area contributed by atoms with Gasteiger partial charge in [-0.1, -0.05) is 72.4 Å². The van der Waals surface area contributed by atoms with Crippen molar-refractivity contribution in [2.24, 2.45) is 0 Å². The lowest BCUT2D eigenvalue weighted by atomic mass is 10.1. The zero-order chi connectivity index (χ0) is 25.8. The number of nitrogens with one attached hydrogen (secondary N) is 2. The minimum absolute atomic E-state index is 0.0271. The smallest absolute Gasteiger partial charge is 0.269 e. The monoisotopic (exact) mass is 549 g/mol. The number of rotatable bonds is 7. The number of thioether (sulfide) groups is 1. The third-order valence-electron chi connectivity index (χ3n) is 5.80. The van der Waals surface area contributed by atoms with Gasteiger partial charge in [0.05, 0.1) is 26.6 Å². The molecule has 37 heavy (non-hydrogen) atoms. The molecule has 4 aromatic rings. The third kappa shape index (κ3) is 6.10. The van der Waals surface area contributed by atoms with E-state index >= 15 is 0 Å². The standard InChI is InChI=1S/C27H23N3O4S3/c31-25(19-11-5-2-6-12-19)30-23(26(32)28-20-15-16-37(33,34)17-20)24(18-9-3-1-4-10-18)36-27-29-21-13-7-8-14-22(21)35-27/h1-14,20H,15-17H2,(H,28,32)(H,30,31)/b24-23-. The van der Waals surface area contributed by atoms with E-state index in [2.05, 4.69) is 10.6 Å². The van der Waals surface area contributed by atoms with Crippen LogP contribution in [0.1, 0.15) is 22.3 Å². The molecule has 1 unspecified atom stereocenters. The number of carbonyl (C=O) groups is 2. The Balaban J connectivity index is 1.58. The van der Waals surface area contributed by atoms with Gasteiger partial charge in [-0.15, -0.1) is 11.3 Å². The maximum absolute atomic E-state index is 13.6. The highest BCUT2D eigenvalue weighted by atomic mass is 32.2. The highest BCUT2D eigenvalue weighted by Crippen LogP contribution is 2.40. The second-order valence-corrected chi connectivity index (χ2v) is 13.0. The molecule has 1 aliphatic rings. The molecule has 1 aromatic heterocycles. The molecule has 1 atom stereocenters. The summed E-state index contributed by atoms with van der Waals surface area (Å²) in [5.41, 5.74) is 2.02. The van der Waals surface area contributed by atoms with Crippen LogP contribution in [0.25, 0.3) is 15.1 Å². The molecule has 2 amide bonds. The van der Waals surface area contributed by atoms with Crippen molar-refractivity contribution in [3.05, 3.63) is 102 Å². The van der Waals surface area contributed by atoms with E-state index in [9.17, 15) is 18.0 Å². The molecule has 188 valence electrons. The van der Waals surface area contributed by atoms with Gasteiger partial charge in [-0.25, -0.2) is 13.4 Å². The molecular weight excluding hydrogens is 527 g/mol. The van der Waals surface area contributed by atoms with Gasteiger partial charge >= 0.3 is 0 Å². The average Bonchev–Trinajstić information content (AvgIpc) is 3.48. The van der Waals surface area contributed by atoms with E-state index in [0.29, 0.717) is 21.2 Å². The Kier molecular flexibility index (Phi) is 7.40. The minimum atomic E-state index is -3.20. The number of para-hydroxylation sites is 1. The van der Waals surface area contributed by atoms with Crippen LogP contribution in [0.3, 0.4) is 0 Å².